The molecule has 1 unspecified atom stereocenters. The van der Waals surface area contributed by atoms with Gasteiger partial charge in [0.25, 0.3) is 0 Å². The maximum Gasteiger partial charge on any atom is 0.317 e. The number of carbonyl (C=O) groups is 2. The molecule has 0 saturated heterocycles. The summed E-state index contributed by atoms with van der Waals surface area (Å²) in [6.07, 6.45) is 3.37. The molecule has 2 amide bonds. The number of amides is 2. The minimum atomic E-state index is -0.903. The van der Waals surface area contributed by atoms with Crippen molar-refractivity contribution in [3.63, 3.8) is 0 Å². The highest BCUT2D eigenvalue weighted by atomic mass is 16.4. The number of hydrogen-bond acceptors (Lipinski definition) is 3. The van der Waals surface area contributed by atoms with Gasteiger partial charge in [0.15, 0.2) is 0 Å². The van der Waals surface area contributed by atoms with Gasteiger partial charge in [-0.15, -0.1) is 0 Å². The Bertz CT molecular complexity index is 491. The Balaban J connectivity index is 2.27. The molecule has 0 bridgehead atoms. The van der Waals surface area contributed by atoms with E-state index >= 15 is 0 Å². The first-order chi connectivity index (χ1) is 9.91. The Morgan fingerprint density at radius 3 is 2.81 bits per heavy atom. The van der Waals surface area contributed by atoms with Crippen LogP contribution >= 0.6 is 0 Å². The number of carbonyl (C=O) groups excluding carboxylic acids is 1. The van der Waals surface area contributed by atoms with E-state index in [-0.39, 0.29) is 12.6 Å². The topological polar surface area (TPSA) is 82.5 Å². The third-order valence-electron chi connectivity index (χ3n) is 3.30. The van der Waals surface area contributed by atoms with Crippen LogP contribution in [0.3, 0.4) is 0 Å². The van der Waals surface area contributed by atoms with Crippen molar-refractivity contribution in [2.75, 3.05) is 20.1 Å². The summed E-state index contributed by atoms with van der Waals surface area (Å²) in [7, 11) is 1.59. The summed E-state index contributed by atoms with van der Waals surface area (Å²) in [4.78, 5) is 28.2. The lowest BCUT2D eigenvalue weighted by Crippen LogP contribution is -2.41. The molecule has 1 rings (SSSR count). The maximum absolute atomic E-state index is 11.8. The van der Waals surface area contributed by atoms with Crippen molar-refractivity contribution in [1.82, 2.24) is 15.2 Å². The maximum atomic E-state index is 11.8. The molecule has 0 aliphatic heterocycles. The second-order valence-electron chi connectivity index (χ2n) is 5.22. The fourth-order valence-electron chi connectivity index (χ4n) is 1.94. The molecule has 0 radical (unpaired) electrons. The van der Waals surface area contributed by atoms with Gasteiger partial charge < -0.3 is 15.3 Å². The summed E-state index contributed by atoms with van der Waals surface area (Å²) < 4.78 is 0. The van der Waals surface area contributed by atoms with Gasteiger partial charge in [0.05, 0.1) is 5.92 Å². The number of nitrogens with zero attached hydrogens (tertiary/aromatic N) is 2. The van der Waals surface area contributed by atoms with Gasteiger partial charge in [0.1, 0.15) is 0 Å². The van der Waals surface area contributed by atoms with Gasteiger partial charge >= 0.3 is 12.0 Å². The Labute approximate surface area is 125 Å². The van der Waals surface area contributed by atoms with Gasteiger partial charge in [-0.05, 0) is 31.4 Å². The van der Waals surface area contributed by atoms with Gasteiger partial charge in [-0.3, -0.25) is 9.78 Å². The zero-order chi connectivity index (χ0) is 15.8. The summed E-state index contributed by atoms with van der Waals surface area (Å²) in [6, 6.07) is 3.67. The normalized spacial score (nSPS) is 11.8. The van der Waals surface area contributed by atoms with Crippen molar-refractivity contribution < 1.29 is 14.7 Å². The van der Waals surface area contributed by atoms with Crippen LogP contribution in [0.25, 0.3) is 0 Å². The van der Waals surface area contributed by atoms with E-state index in [0.717, 1.165) is 24.1 Å². The van der Waals surface area contributed by atoms with Crippen LogP contribution in [0.2, 0.25) is 0 Å². The van der Waals surface area contributed by atoms with E-state index in [0.29, 0.717) is 6.54 Å². The third-order valence-corrected chi connectivity index (χ3v) is 3.30. The van der Waals surface area contributed by atoms with Crippen molar-refractivity contribution in [3.05, 3.63) is 29.6 Å². The number of nitrogens with one attached hydrogen (secondary N) is 1. The fraction of sp³-hybridized carbons (Fsp3) is 0.533. The van der Waals surface area contributed by atoms with Gasteiger partial charge in [0.2, 0.25) is 0 Å². The molecule has 1 aromatic rings. The Morgan fingerprint density at radius 1 is 1.48 bits per heavy atom. The predicted molar refractivity (Wildman–Crippen MR) is 80.1 cm³/mol. The highest BCUT2D eigenvalue weighted by Crippen LogP contribution is 2.05. The Kier molecular flexibility index (Phi) is 6.65. The predicted octanol–water partition coefficient (Wildman–Crippen LogP) is 1.68. The fourth-order valence-corrected chi connectivity index (χ4v) is 1.94. The van der Waals surface area contributed by atoms with E-state index in [9.17, 15) is 9.59 Å². The molecular weight excluding hydrogens is 270 g/mol. The number of aromatic nitrogens is 1. The van der Waals surface area contributed by atoms with Gasteiger partial charge in [-0.25, -0.2) is 4.79 Å². The van der Waals surface area contributed by atoms with Gasteiger partial charge in [0, 0.05) is 32.0 Å². The lowest BCUT2D eigenvalue weighted by Gasteiger charge is -2.20. The smallest absolute Gasteiger partial charge is 0.317 e. The van der Waals surface area contributed by atoms with E-state index in [1.165, 1.54) is 4.90 Å². The molecule has 0 aliphatic carbocycles. The Morgan fingerprint density at radius 2 is 2.19 bits per heavy atom. The molecule has 0 saturated carbocycles. The van der Waals surface area contributed by atoms with Gasteiger partial charge in [-0.1, -0.05) is 13.0 Å². The van der Waals surface area contributed by atoms with Crippen molar-refractivity contribution in [1.29, 1.82) is 0 Å². The molecule has 0 spiro atoms. The first-order valence-electron chi connectivity index (χ1n) is 7.04. The largest absolute Gasteiger partial charge is 0.481 e. The van der Waals surface area contributed by atoms with Crippen LogP contribution in [0, 0.1) is 12.8 Å². The molecular formula is C15H23N3O3. The van der Waals surface area contributed by atoms with Crippen molar-refractivity contribution in [2.45, 2.75) is 26.7 Å². The zero-order valence-electron chi connectivity index (χ0n) is 12.8. The lowest BCUT2D eigenvalue weighted by molar-refractivity contribution is -0.141. The molecule has 0 aromatic carbocycles. The molecule has 116 valence electrons. The first-order valence-corrected chi connectivity index (χ1v) is 7.04. The standard InChI is InChI=1S/C15H23N3O3/c1-11-6-4-8-16-13(11)7-5-9-17-15(21)18(3)10-12(2)14(19)20/h4,6,8,12H,5,7,9-10H2,1-3H3,(H,17,21)(H,19,20). The van der Waals surface area contributed by atoms with Gasteiger partial charge in [-0.2, -0.15) is 0 Å². The van der Waals surface area contributed by atoms with Crippen LogP contribution in [0.4, 0.5) is 4.79 Å². The number of aliphatic carboxylic acids is 1. The second kappa shape index (κ2) is 8.24. The van der Waals surface area contributed by atoms with E-state index in [1.807, 2.05) is 19.1 Å². The number of carboxylic acid groups (broad SMARTS) is 1. The molecule has 2 N–H and O–H groups in total. The van der Waals surface area contributed by atoms with Crippen LogP contribution in [-0.2, 0) is 11.2 Å². The average Bonchev–Trinajstić information content (AvgIpc) is 2.44. The number of rotatable bonds is 7. The molecule has 0 fully saturated rings. The lowest BCUT2D eigenvalue weighted by atomic mass is 10.1. The van der Waals surface area contributed by atoms with Crippen molar-refractivity contribution in [2.24, 2.45) is 5.92 Å². The zero-order valence-corrected chi connectivity index (χ0v) is 12.8. The Hall–Kier alpha value is -2.11. The third kappa shape index (κ3) is 5.81. The molecule has 0 aliphatic rings. The molecule has 21 heavy (non-hydrogen) atoms. The number of aryl methyl sites for hydroxylation is 2. The minimum Gasteiger partial charge on any atom is -0.481 e. The molecule has 1 aromatic heterocycles. The highest BCUT2D eigenvalue weighted by molar-refractivity contribution is 5.75. The van der Waals surface area contributed by atoms with E-state index in [1.54, 1.807) is 20.2 Å². The van der Waals surface area contributed by atoms with Crippen LogP contribution in [-0.4, -0.2) is 47.1 Å². The average molecular weight is 293 g/mol. The first kappa shape index (κ1) is 16.9. The number of pyridine rings is 1. The molecule has 1 heterocycles. The highest BCUT2D eigenvalue weighted by Gasteiger charge is 2.16. The number of urea groups is 1. The van der Waals surface area contributed by atoms with E-state index in [2.05, 4.69) is 10.3 Å². The monoisotopic (exact) mass is 293 g/mol. The summed E-state index contributed by atoms with van der Waals surface area (Å²) in [6.45, 7) is 4.33. The summed E-state index contributed by atoms with van der Waals surface area (Å²) >= 11 is 0. The van der Waals surface area contributed by atoms with Crippen LogP contribution in [0.1, 0.15) is 24.6 Å². The van der Waals surface area contributed by atoms with Crippen molar-refractivity contribution in [3.8, 4) is 0 Å². The molecule has 6 nitrogen and oxygen atoms in total. The van der Waals surface area contributed by atoms with Crippen LogP contribution < -0.4 is 5.32 Å². The summed E-state index contributed by atoms with van der Waals surface area (Å²) in [5.41, 5.74) is 2.19. The van der Waals surface area contributed by atoms with E-state index in [4.69, 9.17) is 5.11 Å². The molecule has 1 atom stereocenters. The number of carboxylic acids is 1. The molecule has 6 heteroatoms. The van der Waals surface area contributed by atoms with Crippen molar-refractivity contribution >= 4 is 12.0 Å². The summed E-state index contributed by atoms with van der Waals surface area (Å²) in [5.74, 6) is -1.47. The number of hydrogen-bond donors (Lipinski definition) is 2. The SMILES string of the molecule is Cc1cccnc1CCCNC(=O)N(C)CC(C)C(=O)O. The van der Waals surface area contributed by atoms with Crippen LogP contribution in [0.5, 0.6) is 0 Å². The van der Waals surface area contributed by atoms with Crippen LogP contribution in [0.15, 0.2) is 18.3 Å². The van der Waals surface area contributed by atoms with E-state index < -0.39 is 11.9 Å². The minimum absolute atomic E-state index is 0.195. The summed E-state index contributed by atoms with van der Waals surface area (Å²) in [5, 5.41) is 11.6. The quantitative estimate of drug-likeness (QED) is 0.749. The second-order valence-corrected chi connectivity index (χ2v) is 5.22.